The number of hydrogen-bond acceptors (Lipinski definition) is 2. The molecule has 0 bridgehead atoms. The Morgan fingerprint density at radius 1 is 1.53 bits per heavy atom. The molecule has 0 heterocycles. The highest BCUT2D eigenvalue weighted by atomic mass is 16.5. The summed E-state index contributed by atoms with van der Waals surface area (Å²) in [6, 6.07) is 0.261. The maximum atomic E-state index is 11.4. The summed E-state index contributed by atoms with van der Waals surface area (Å²) in [6.07, 6.45) is 3.35. The van der Waals surface area contributed by atoms with Gasteiger partial charge in [-0.1, -0.05) is 13.8 Å². The second kappa shape index (κ2) is 5.35. The van der Waals surface area contributed by atoms with Crippen LogP contribution in [0, 0.1) is 5.41 Å². The molecule has 1 saturated carbocycles. The van der Waals surface area contributed by atoms with E-state index in [1.54, 1.807) is 7.11 Å². The molecule has 1 aliphatic rings. The van der Waals surface area contributed by atoms with Gasteiger partial charge in [0.1, 0.15) is 0 Å². The van der Waals surface area contributed by atoms with E-state index in [1.165, 1.54) is 6.42 Å². The Kier molecular flexibility index (Phi) is 4.39. The Morgan fingerprint density at radius 2 is 2.27 bits per heavy atom. The minimum Gasteiger partial charge on any atom is -0.383 e. The summed E-state index contributed by atoms with van der Waals surface area (Å²) in [7, 11) is 1.62. The van der Waals surface area contributed by atoms with Crippen LogP contribution in [0.3, 0.4) is 0 Å². The lowest BCUT2D eigenvalue weighted by atomic mass is 9.92. The number of amides is 2. The molecule has 88 valence electrons. The molecule has 0 aliphatic heterocycles. The van der Waals surface area contributed by atoms with Crippen LogP contribution in [0.25, 0.3) is 0 Å². The van der Waals surface area contributed by atoms with Crippen molar-refractivity contribution in [2.75, 3.05) is 20.3 Å². The van der Waals surface area contributed by atoms with Crippen LogP contribution < -0.4 is 10.6 Å². The van der Waals surface area contributed by atoms with Crippen molar-refractivity contribution in [3.63, 3.8) is 0 Å². The summed E-state index contributed by atoms with van der Waals surface area (Å²) in [6.45, 7) is 5.62. The van der Waals surface area contributed by atoms with Gasteiger partial charge in [-0.25, -0.2) is 4.79 Å². The third kappa shape index (κ3) is 4.51. The van der Waals surface area contributed by atoms with Crippen molar-refractivity contribution in [3.05, 3.63) is 0 Å². The van der Waals surface area contributed by atoms with Crippen LogP contribution in [0.1, 0.15) is 33.1 Å². The second-order valence-electron chi connectivity index (χ2n) is 5.00. The molecule has 0 aromatic heterocycles. The predicted molar refractivity (Wildman–Crippen MR) is 59.8 cm³/mol. The second-order valence-corrected chi connectivity index (χ2v) is 5.00. The average Bonchev–Trinajstić information content (AvgIpc) is 2.46. The Morgan fingerprint density at radius 3 is 2.80 bits per heavy atom. The lowest BCUT2D eigenvalue weighted by Gasteiger charge is -2.18. The average molecular weight is 214 g/mol. The van der Waals surface area contributed by atoms with Crippen LogP contribution in [0.15, 0.2) is 0 Å². The van der Waals surface area contributed by atoms with Gasteiger partial charge in [0.05, 0.1) is 6.61 Å². The molecule has 1 atom stereocenters. The highest BCUT2D eigenvalue weighted by Crippen LogP contribution is 2.36. The maximum absolute atomic E-state index is 11.4. The molecule has 4 heteroatoms. The Labute approximate surface area is 91.8 Å². The van der Waals surface area contributed by atoms with Gasteiger partial charge in [0.25, 0.3) is 0 Å². The lowest BCUT2D eigenvalue weighted by Crippen LogP contribution is -2.42. The third-order valence-corrected chi connectivity index (χ3v) is 2.90. The van der Waals surface area contributed by atoms with Gasteiger partial charge in [0.15, 0.2) is 0 Å². The van der Waals surface area contributed by atoms with Crippen LogP contribution in [-0.4, -0.2) is 32.3 Å². The monoisotopic (exact) mass is 214 g/mol. The summed E-state index contributed by atoms with van der Waals surface area (Å²) in [4.78, 5) is 11.4. The SMILES string of the molecule is COCCNC(=O)NC1CCC(C)(C)C1. The molecule has 1 aliphatic carbocycles. The van der Waals surface area contributed by atoms with Gasteiger partial charge < -0.3 is 15.4 Å². The highest BCUT2D eigenvalue weighted by Gasteiger charge is 2.31. The van der Waals surface area contributed by atoms with Crippen molar-refractivity contribution in [2.24, 2.45) is 5.41 Å². The van der Waals surface area contributed by atoms with E-state index in [9.17, 15) is 4.79 Å². The summed E-state index contributed by atoms with van der Waals surface area (Å²) >= 11 is 0. The van der Waals surface area contributed by atoms with Crippen LogP contribution >= 0.6 is 0 Å². The van der Waals surface area contributed by atoms with E-state index in [0.717, 1.165) is 12.8 Å². The van der Waals surface area contributed by atoms with Crippen molar-refractivity contribution < 1.29 is 9.53 Å². The molecule has 15 heavy (non-hydrogen) atoms. The van der Waals surface area contributed by atoms with Crippen molar-refractivity contribution in [1.82, 2.24) is 10.6 Å². The van der Waals surface area contributed by atoms with Crippen molar-refractivity contribution in [1.29, 1.82) is 0 Å². The smallest absolute Gasteiger partial charge is 0.315 e. The fourth-order valence-electron chi connectivity index (χ4n) is 2.06. The number of carbonyl (C=O) groups excluding carboxylic acids is 1. The number of urea groups is 1. The molecule has 0 spiro atoms. The van der Waals surface area contributed by atoms with E-state index < -0.39 is 0 Å². The molecule has 2 amide bonds. The minimum absolute atomic E-state index is 0.0743. The Balaban J connectivity index is 2.16. The normalized spacial score (nSPS) is 23.8. The van der Waals surface area contributed by atoms with Crippen LogP contribution in [0.4, 0.5) is 4.79 Å². The summed E-state index contributed by atoms with van der Waals surface area (Å²) < 4.78 is 4.85. The van der Waals surface area contributed by atoms with E-state index in [1.807, 2.05) is 0 Å². The first-order valence-corrected chi connectivity index (χ1v) is 5.57. The molecule has 0 aromatic carbocycles. The molecule has 0 aromatic rings. The van der Waals surface area contributed by atoms with Crippen molar-refractivity contribution in [2.45, 2.75) is 39.2 Å². The fourth-order valence-corrected chi connectivity index (χ4v) is 2.06. The van der Waals surface area contributed by atoms with E-state index in [4.69, 9.17) is 4.74 Å². The summed E-state index contributed by atoms with van der Waals surface area (Å²) in [5, 5.41) is 5.75. The van der Waals surface area contributed by atoms with Gasteiger partial charge in [0.2, 0.25) is 0 Å². The fraction of sp³-hybridized carbons (Fsp3) is 0.909. The molecule has 1 unspecified atom stereocenters. The minimum atomic E-state index is -0.0743. The van der Waals surface area contributed by atoms with Gasteiger partial charge in [0, 0.05) is 19.7 Å². The molecule has 1 rings (SSSR count). The van der Waals surface area contributed by atoms with E-state index >= 15 is 0 Å². The quantitative estimate of drug-likeness (QED) is 0.697. The van der Waals surface area contributed by atoms with Crippen LogP contribution in [0.2, 0.25) is 0 Å². The first kappa shape index (κ1) is 12.3. The molecule has 0 radical (unpaired) electrons. The molecular formula is C11H22N2O2. The number of ether oxygens (including phenoxy) is 1. The Bertz CT molecular complexity index is 217. The zero-order valence-corrected chi connectivity index (χ0v) is 9.93. The number of hydrogen-bond donors (Lipinski definition) is 2. The lowest BCUT2D eigenvalue weighted by molar-refractivity contribution is 0.195. The molecule has 2 N–H and O–H groups in total. The van der Waals surface area contributed by atoms with Gasteiger partial charge >= 0.3 is 6.03 Å². The summed E-state index contributed by atoms with van der Waals surface area (Å²) in [5.41, 5.74) is 0.379. The Hall–Kier alpha value is -0.770. The zero-order chi connectivity index (χ0) is 11.3. The number of rotatable bonds is 4. The number of methoxy groups -OCH3 is 1. The molecule has 4 nitrogen and oxygen atoms in total. The van der Waals surface area contributed by atoms with Crippen LogP contribution in [0.5, 0.6) is 0 Å². The van der Waals surface area contributed by atoms with Gasteiger partial charge in [-0.3, -0.25) is 0 Å². The third-order valence-electron chi connectivity index (χ3n) is 2.90. The van der Waals surface area contributed by atoms with Gasteiger partial charge in [-0.15, -0.1) is 0 Å². The topological polar surface area (TPSA) is 50.4 Å². The molecule has 0 saturated heterocycles. The van der Waals surface area contributed by atoms with E-state index in [0.29, 0.717) is 24.6 Å². The van der Waals surface area contributed by atoms with E-state index in [2.05, 4.69) is 24.5 Å². The highest BCUT2D eigenvalue weighted by molar-refractivity contribution is 5.74. The van der Waals surface area contributed by atoms with Crippen molar-refractivity contribution in [3.8, 4) is 0 Å². The van der Waals surface area contributed by atoms with Gasteiger partial charge in [-0.2, -0.15) is 0 Å². The number of nitrogens with one attached hydrogen (secondary N) is 2. The van der Waals surface area contributed by atoms with Crippen LogP contribution in [-0.2, 0) is 4.74 Å². The van der Waals surface area contributed by atoms with E-state index in [-0.39, 0.29) is 6.03 Å². The number of carbonyl (C=O) groups is 1. The van der Waals surface area contributed by atoms with Gasteiger partial charge in [-0.05, 0) is 24.7 Å². The molecule has 1 fully saturated rings. The standard InChI is InChI=1S/C11H22N2O2/c1-11(2)5-4-9(8-11)13-10(14)12-6-7-15-3/h9H,4-8H2,1-3H3,(H2,12,13,14). The first-order valence-electron chi connectivity index (χ1n) is 5.57. The zero-order valence-electron chi connectivity index (χ0n) is 9.93. The first-order chi connectivity index (χ1) is 7.03. The van der Waals surface area contributed by atoms with Crippen molar-refractivity contribution >= 4 is 6.03 Å². The summed E-state index contributed by atoms with van der Waals surface area (Å²) in [5.74, 6) is 0. The maximum Gasteiger partial charge on any atom is 0.315 e. The molecular weight excluding hydrogens is 192 g/mol. The predicted octanol–water partition coefficient (Wildman–Crippen LogP) is 1.51. The largest absolute Gasteiger partial charge is 0.383 e.